The first-order valence-corrected chi connectivity index (χ1v) is 20.2. The van der Waals surface area contributed by atoms with Gasteiger partial charge in [0, 0.05) is 43.7 Å². The SMILES string of the molecule is C/C=C\c1c(C(C)C)c2ccc3c4ccccc4n(-c4nc(-c5cccc(-c6ccccc6)c5)nc(-c5ccc6c(c5)oc5ccccc56)n4)c3c2n1-c1ccccc1. The zero-order chi connectivity index (χ0) is 39.6. The van der Waals surface area contributed by atoms with Crippen molar-refractivity contribution >= 4 is 60.7 Å². The highest BCUT2D eigenvalue weighted by Gasteiger charge is 2.26. The van der Waals surface area contributed by atoms with E-state index in [1.807, 2.05) is 24.3 Å². The van der Waals surface area contributed by atoms with Gasteiger partial charge in [0.15, 0.2) is 11.6 Å². The van der Waals surface area contributed by atoms with Crippen LogP contribution in [0.5, 0.6) is 0 Å². The molecule has 0 unspecified atom stereocenters. The van der Waals surface area contributed by atoms with E-state index in [1.165, 1.54) is 16.6 Å². The van der Waals surface area contributed by atoms with Gasteiger partial charge in [0.2, 0.25) is 5.95 Å². The van der Waals surface area contributed by atoms with Gasteiger partial charge in [0.1, 0.15) is 11.2 Å². The Balaban J connectivity index is 1.25. The fraction of sp³-hybridized carbons (Fsp3) is 0.0755. The highest BCUT2D eigenvalue weighted by molar-refractivity contribution is 6.19. The smallest absolute Gasteiger partial charge is 0.238 e. The lowest BCUT2D eigenvalue weighted by atomic mass is 9.98. The average molecular weight is 762 g/mol. The van der Waals surface area contributed by atoms with Crippen molar-refractivity contribution in [2.45, 2.75) is 26.7 Å². The van der Waals surface area contributed by atoms with E-state index < -0.39 is 0 Å². The van der Waals surface area contributed by atoms with Crippen LogP contribution in [-0.2, 0) is 0 Å². The van der Waals surface area contributed by atoms with Gasteiger partial charge in [-0.1, -0.05) is 141 Å². The van der Waals surface area contributed by atoms with E-state index in [9.17, 15) is 0 Å². The molecule has 0 N–H and O–H groups in total. The van der Waals surface area contributed by atoms with Crippen molar-refractivity contribution in [3.05, 3.63) is 181 Å². The maximum Gasteiger partial charge on any atom is 0.238 e. The van der Waals surface area contributed by atoms with Gasteiger partial charge in [-0.15, -0.1) is 0 Å². The Morgan fingerprint density at radius 1 is 0.492 bits per heavy atom. The van der Waals surface area contributed by atoms with Gasteiger partial charge in [-0.05, 0) is 78.1 Å². The van der Waals surface area contributed by atoms with Crippen LogP contribution in [0.3, 0.4) is 0 Å². The zero-order valence-electron chi connectivity index (χ0n) is 33.0. The quantitative estimate of drug-likeness (QED) is 0.162. The molecule has 0 fully saturated rings. The molecule has 0 bridgehead atoms. The van der Waals surface area contributed by atoms with E-state index in [1.54, 1.807) is 0 Å². The van der Waals surface area contributed by atoms with Crippen molar-refractivity contribution in [2.24, 2.45) is 0 Å². The standard InChI is InChI=1S/C53H39N5O/c1-4-16-45-48(33(2)3)43-30-29-42-39-23-11-13-25-44(39)58(49(42)50(43)57(45)38-21-9-6-10-22-38)53-55-51(36-20-15-19-35(31-36)34-17-7-5-8-18-34)54-52(56-53)37-27-28-41-40-24-12-14-26-46(40)59-47(41)32-37/h4-33H,1-3H3/b16-4-. The van der Waals surface area contributed by atoms with E-state index in [2.05, 4.69) is 182 Å². The van der Waals surface area contributed by atoms with Crippen molar-refractivity contribution in [1.29, 1.82) is 0 Å². The molecule has 0 atom stereocenters. The monoisotopic (exact) mass is 761 g/mol. The van der Waals surface area contributed by atoms with E-state index >= 15 is 0 Å². The van der Waals surface area contributed by atoms with Crippen LogP contribution in [0, 0.1) is 0 Å². The molecule has 282 valence electrons. The topological polar surface area (TPSA) is 61.7 Å². The number of hydrogen-bond acceptors (Lipinski definition) is 4. The Hall–Kier alpha value is -7.57. The van der Waals surface area contributed by atoms with Gasteiger partial charge in [0.25, 0.3) is 0 Å². The number of furan rings is 1. The van der Waals surface area contributed by atoms with E-state index in [4.69, 9.17) is 19.4 Å². The minimum atomic E-state index is 0.268. The zero-order valence-corrected chi connectivity index (χ0v) is 33.0. The van der Waals surface area contributed by atoms with Crippen molar-refractivity contribution in [3.8, 4) is 45.5 Å². The normalized spacial score (nSPS) is 12.1. The summed E-state index contributed by atoms with van der Waals surface area (Å²) >= 11 is 0. The van der Waals surface area contributed by atoms with Gasteiger partial charge in [0.05, 0.1) is 22.2 Å². The molecule has 0 aliphatic heterocycles. The number of rotatable bonds is 7. The van der Waals surface area contributed by atoms with Crippen LogP contribution < -0.4 is 0 Å². The van der Waals surface area contributed by atoms with Crippen molar-refractivity contribution in [1.82, 2.24) is 24.1 Å². The van der Waals surface area contributed by atoms with Crippen molar-refractivity contribution < 1.29 is 4.42 Å². The molecule has 0 saturated carbocycles. The summed E-state index contributed by atoms with van der Waals surface area (Å²) in [6.45, 7) is 6.65. The van der Waals surface area contributed by atoms with E-state index in [0.29, 0.717) is 17.6 Å². The molecule has 59 heavy (non-hydrogen) atoms. The number of benzene rings is 7. The maximum atomic E-state index is 6.38. The summed E-state index contributed by atoms with van der Waals surface area (Å²) < 4.78 is 11.1. The fourth-order valence-corrected chi connectivity index (χ4v) is 8.90. The second kappa shape index (κ2) is 13.8. The fourth-order valence-electron chi connectivity index (χ4n) is 8.90. The second-order valence-electron chi connectivity index (χ2n) is 15.4. The molecule has 0 amide bonds. The second-order valence-corrected chi connectivity index (χ2v) is 15.4. The summed E-state index contributed by atoms with van der Waals surface area (Å²) in [5.74, 6) is 1.95. The van der Waals surface area contributed by atoms with Gasteiger partial charge in [-0.25, -0.2) is 4.98 Å². The third kappa shape index (κ3) is 5.59. The Labute approximate surface area is 341 Å². The van der Waals surface area contributed by atoms with Gasteiger partial charge in [-0.2, -0.15) is 9.97 Å². The first kappa shape index (κ1) is 34.7. The lowest BCUT2D eigenvalue weighted by Crippen LogP contribution is -2.07. The molecule has 0 spiro atoms. The Kier molecular flexibility index (Phi) is 8.12. The molecule has 4 aromatic heterocycles. The highest BCUT2D eigenvalue weighted by Crippen LogP contribution is 2.43. The molecule has 6 heteroatoms. The lowest BCUT2D eigenvalue weighted by Gasteiger charge is -2.14. The number of allylic oxidation sites excluding steroid dienone is 1. The number of para-hydroxylation sites is 3. The molecule has 0 aliphatic carbocycles. The first-order chi connectivity index (χ1) is 29.1. The molecule has 7 aromatic carbocycles. The summed E-state index contributed by atoms with van der Waals surface area (Å²) in [6.07, 6.45) is 4.38. The Morgan fingerprint density at radius 3 is 1.88 bits per heavy atom. The predicted octanol–water partition coefficient (Wildman–Crippen LogP) is 14.0. The largest absolute Gasteiger partial charge is 0.456 e. The molecule has 4 heterocycles. The lowest BCUT2D eigenvalue weighted by molar-refractivity contribution is 0.669. The maximum absolute atomic E-state index is 6.38. The third-order valence-corrected chi connectivity index (χ3v) is 11.4. The third-order valence-electron chi connectivity index (χ3n) is 11.4. The first-order valence-electron chi connectivity index (χ1n) is 20.2. The summed E-state index contributed by atoms with van der Waals surface area (Å²) in [5.41, 5.74) is 12.3. The van der Waals surface area contributed by atoms with Crippen LogP contribution in [0.15, 0.2) is 174 Å². The summed E-state index contributed by atoms with van der Waals surface area (Å²) in [6, 6.07) is 57.1. The molecule has 0 aliphatic rings. The molecular formula is C53H39N5O. The van der Waals surface area contributed by atoms with Crippen LogP contribution in [-0.4, -0.2) is 24.1 Å². The number of nitrogens with zero attached hydrogens (tertiary/aromatic N) is 5. The van der Waals surface area contributed by atoms with Crippen LogP contribution in [0.25, 0.3) is 106 Å². The van der Waals surface area contributed by atoms with Crippen LogP contribution in [0.2, 0.25) is 0 Å². The minimum Gasteiger partial charge on any atom is -0.456 e. The average Bonchev–Trinajstić information content (AvgIpc) is 3.94. The summed E-state index contributed by atoms with van der Waals surface area (Å²) in [7, 11) is 0. The van der Waals surface area contributed by atoms with Crippen LogP contribution in [0.1, 0.15) is 37.9 Å². The minimum absolute atomic E-state index is 0.268. The highest BCUT2D eigenvalue weighted by atomic mass is 16.3. The number of fused-ring (bicyclic) bond motifs is 8. The summed E-state index contributed by atoms with van der Waals surface area (Å²) in [4.78, 5) is 16.0. The van der Waals surface area contributed by atoms with Crippen LogP contribution >= 0.6 is 0 Å². The predicted molar refractivity (Wildman–Crippen MR) is 243 cm³/mol. The molecular weight excluding hydrogens is 723 g/mol. The molecule has 0 saturated heterocycles. The van der Waals surface area contributed by atoms with Crippen molar-refractivity contribution in [3.63, 3.8) is 0 Å². The van der Waals surface area contributed by atoms with Gasteiger partial charge >= 0.3 is 0 Å². The molecule has 11 rings (SSSR count). The Bertz CT molecular complexity index is 3420. The Morgan fingerprint density at radius 2 is 1.10 bits per heavy atom. The van der Waals surface area contributed by atoms with Crippen molar-refractivity contribution in [2.75, 3.05) is 0 Å². The van der Waals surface area contributed by atoms with Gasteiger partial charge in [-0.3, -0.25) is 4.57 Å². The van der Waals surface area contributed by atoms with Crippen LogP contribution in [0.4, 0.5) is 0 Å². The van der Waals surface area contributed by atoms with Gasteiger partial charge < -0.3 is 8.98 Å². The van der Waals surface area contributed by atoms with E-state index in [0.717, 1.165) is 77.2 Å². The molecule has 11 aromatic rings. The molecule has 6 nitrogen and oxygen atoms in total. The number of hydrogen-bond donors (Lipinski definition) is 0. The van der Waals surface area contributed by atoms with E-state index in [-0.39, 0.29) is 5.92 Å². The summed E-state index contributed by atoms with van der Waals surface area (Å²) in [5, 5.41) is 5.59. The number of aromatic nitrogens is 5. The molecule has 0 radical (unpaired) electrons.